The van der Waals surface area contributed by atoms with Gasteiger partial charge in [0.2, 0.25) is 5.36 Å². The van der Waals surface area contributed by atoms with E-state index in [1.807, 2.05) is 24.3 Å². The van der Waals surface area contributed by atoms with Gasteiger partial charge in [0.1, 0.15) is 37.6 Å². The number of carbonyl (C=O) groups is 4. The number of carbonyl (C=O) groups excluding carboxylic acids is 4. The second-order valence-electron chi connectivity index (χ2n) is 24.5. The summed E-state index contributed by atoms with van der Waals surface area (Å²) in [5, 5.41) is 7.39. The lowest BCUT2D eigenvalue weighted by Crippen LogP contribution is -3.00. The van der Waals surface area contributed by atoms with E-state index in [9.17, 15) is 28.6 Å². The molecule has 2 aromatic carbocycles. The van der Waals surface area contributed by atoms with Crippen molar-refractivity contribution in [2.45, 2.75) is 253 Å². The minimum atomic E-state index is -4.69. The fourth-order valence-electron chi connectivity index (χ4n) is 11.7. The zero-order valence-electron chi connectivity index (χ0n) is 58.0. The van der Waals surface area contributed by atoms with Crippen molar-refractivity contribution in [2.75, 3.05) is 83.8 Å². The number of esters is 2. The van der Waals surface area contributed by atoms with Crippen LogP contribution in [0.15, 0.2) is 65.1 Å². The van der Waals surface area contributed by atoms with Gasteiger partial charge in [-0.2, -0.15) is 0 Å². The molecule has 1 aliphatic heterocycles. The number of phosphoric acid groups is 1. The summed E-state index contributed by atoms with van der Waals surface area (Å²) in [5.74, 6) is -0.486. The van der Waals surface area contributed by atoms with E-state index in [0.29, 0.717) is 18.4 Å². The number of alkyl carbamates (subject to hydrolysis) is 1. The Kier molecular flexibility index (Phi) is 45.3. The number of nitrogens with zero attached hydrogens (tertiary/aromatic N) is 2. The molecule has 2 atom stereocenters. The third-order valence-corrected chi connectivity index (χ3v) is 18.1. The monoisotopic (exact) mass is 1340 g/mol. The molecule has 2 aromatic rings. The standard InChI is InChI=1S/C74H119N4O13P.ClH/c1-7-13-15-17-19-21-23-25-27-29-31-33-35-37-39-45-70(79)87-59-63(90-71(80)46-40-38-36-34-32-30-28-26-24-22-20-18-16-14-8-2)60-89-92(83,84)88-54-52-76-74(82)86-56-55-85-53-51-75-73(81)65-44-42-41-43-64(65)72-66-49-47-61(77(9-3)10-4)57-68(66)91-69-58-62(48-50-67(69)72)78(11-5)12-6;/h41-44,47-50,57-58,63H,7-40,45-46,51-56,59-60H2,1-6H3,(H2-,75,76,81,82,83,84);1H/t63-;/m1./s1. The lowest BCUT2D eigenvalue weighted by Gasteiger charge is -2.22. The molecular weight excluding hydrogens is 1220 g/mol. The Labute approximate surface area is 565 Å². The van der Waals surface area contributed by atoms with Crippen molar-refractivity contribution in [3.05, 3.63) is 71.6 Å². The molecule has 0 spiro atoms. The van der Waals surface area contributed by atoms with Gasteiger partial charge in [0.25, 0.3) is 5.91 Å². The van der Waals surface area contributed by atoms with Gasteiger partial charge in [0.05, 0.1) is 32.5 Å². The third kappa shape index (κ3) is 34.5. The van der Waals surface area contributed by atoms with Gasteiger partial charge in [-0.25, -0.2) is 13.9 Å². The van der Waals surface area contributed by atoms with E-state index in [1.165, 1.54) is 141 Å². The fourth-order valence-corrected chi connectivity index (χ4v) is 12.5. The molecule has 93 heavy (non-hydrogen) atoms. The van der Waals surface area contributed by atoms with E-state index in [0.717, 1.165) is 109 Å². The number of phosphoric ester groups is 1. The average molecular weight is 1340 g/mol. The van der Waals surface area contributed by atoms with Gasteiger partial charge >= 0.3 is 25.9 Å². The van der Waals surface area contributed by atoms with Crippen molar-refractivity contribution in [1.29, 1.82) is 0 Å². The number of amides is 2. The van der Waals surface area contributed by atoms with Gasteiger partial charge in [-0.3, -0.25) is 23.4 Å². The highest BCUT2D eigenvalue weighted by molar-refractivity contribution is 7.47. The topological polar surface area (TPSA) is 204 Å². The summed E-state index contributed by atoms with van der Waals surface area (Å²) in [4.78, 5) is 65.0. The maximum atomic E-state index is 13.9. The minimum Gasteiger partial charge on any atom is -1.00 e. The van der Waals surface area contributed by atoms with Crippen molar-refractivity contribution in [3.8, 4) is 22.5 Å². The van der Waals surface area contributed by atoms with E-state index < -0.39 is 45.2 Å². The summed E-state index contributed by atoms with van der Waals surface area (Å²) in [6.45, 7) is 15.2. The summed E-state index contributed by atoms with van der Waals surface area (Å²) in [6, 6.07) is 20.1. The highest BCUT2D eigenvalue weighted by Gasteiger charge is 2.27. The van der Waals surface area contributed by atoms with Crippen LogP contribution in [0.2, 0.25) is 0 Å². The molecule has 526 valence electrons. The first kappa shape index (κ1) is 82.2. The molecular formula is C74H120ClN4O13P. The molecule has 0 aromatic heterocycles. The lowest BCUT2D eigenvalue weighted by molar-refractivity contribution is -0.161. The van der Waals surface area contributed by atoms with E-state index in [-0.39, 0.29) is 70.7 Å². The third-order valence-electron chi connectivity index (χ3n) is 17.1. The van der Waals surface area contributed by atoms with Gasteiger partial charge < -0.3 is 56.2 Å². The molecule has 0 saturated heterocycles. The van der Waals surface area contributed by atoms with Crippen LogP contribution in [0.1, 0.15) is 257 Å². The Morgan fingerprint density at radius 2 is 1.08 bits per heavy atom. The van der Waals surface area contributed by atoms with Gasteiger partial charge in [-0.15, -0.1) is 0 Å². The Morgan fingerprint density at radius 1 is 0.548 bits per heavy atom. The maximum absolute atomic E-state index is 13.9. The van der Waals surface area contributed by atoms with Crippen LogP contribution in [0.5, 0.6) is 0 Å². The largest absolute Gasteiger partial charge is 1.00 e. The van der Waals surface area contributed by atoms with Crippen molar-refractivity contribution >= 4 is 48.4 Å². The number of anilines is 1. The van der Waals surface area contributed by atoms with Gasteiger partial charge in [-0.05, 0) is 70.4 Å². The van der Waals surface area contributed by atoms with Crippen molar-refractivity contribution < 1.29 is 73.5 Å². The van der Waals surface area contributed by atoms with Gasteiger partial charge in [0.15, 0.2) is 6.10 Å². The first-order valence-electron chi connectivity index (χ1n) is 36.0. The Hall–Kier alpha value is -5.03. The number of hydrogen-bond acceptors (Lipinski definition) is 13. The molecule has 1 heterocycles. The van der Waals surface area contributed by atoms with Crippen molar-refractivity contribution in [3.63, 3.8) is 0 Å². The number of benzene rings is 3. The van der Waals surface area contributed by atoms with Gasteiger partial charge in [0, 0.05) is 78.9 Å². The minimum absolute atomic E-state index is 0. The summed E-state index contributed by atoms with van der Waals surface area (Å²) in [6.07, 6.45) is 34.8. The summed E-state index contributed by atoms with van der Waals surface area (Å²) in [5.41, 5.74) is 4.84. The number of unbranched alkanes of at least 4 members (excludes halogenated alkanes) is 28. The molecule has 1 unspecified atom stereocenters. The van der Waals surface area contributed by atoms with E-state index in [4.69, 9.17) is 32.4 Å². The number of halogens is 1. The highest BCUT2D eigenvalue weighted by atomic mass is 35.5. The van der Waals surface area contributed by atoms with Crippen LogP contribution in [0.3, 0.4) is 0 Å². The molecule has 3 N–H and O–H groups in total. The average Bonchev–Trinajstić information content (AvgIpc) is 0.750. The molecule has 1 aliphatic carbocycles. The van der Waals surface area contributed by atoms with E-state index in [2.05, 4.69) is 98.0 Å². The first-order valence-corrected chi connectivity index (χ1v) is 37.5. The number of hydrogen-bond donors (Lipinski definition) is 3. The summed E-state index contributed by atoms with van der Waals surface area (Å²) in [7, 11) is -4.69. The molecule has 19 heteroatoms. The molecule has 2 aliphatic rings. The lowest BCUT2D eigenvalue weighted by atomic mass is 9.90. The first-order chi connectivity index (χ1) is 44.9. The van der Waals surface area contributed by atoms with Crippen LogP contribution >= 0.6 is 7.82 Å². The van der Waals surface area contributed by atoms with E-state index >= 15 is 0 Å². The van der Waals surface area contributed by atoms with Crippen LogP contribution in [0, 0.1) is 0 Å². The number of rotatable bonds is 55. The molecule has 17 nitrogen and oxygen atoms in total. The second-order valence-corrected chi connectivity index (χ2v) is 25.9. The highest BCUT2D eigenvalue weighted by Crippen LogP contribution is 2.44. The van der Waals surface area contributed by atoms with Crippen LogP contribution in [-0.2, 0) is 42.1 Å². The summed E-state index contributed by atoms with van der Waals surface area (Å²) >= 11 is 0. The van der Waals surface area contributed by atoms with Gasteiger partial charge in [-0.1, -0.05) is 212 Å². The SMILES string of the molecule is CCCCCCCCCCCCCCCCCC(=O)OC[C@H](COP(=O)(O)OCCNC(=O)OCCOCCNC(=O)c1ccccc1-c1c2ccc(=[N+](CC)CC)cc-2oc2cc(N(CC)CC)ccc12)OC(=O)CCCCCCCCCCCCCCCCC.[Cl-]. The van der Waals surface area contributed by atoms with Crippen LogP contribution in [0.4, 0.5) is 10.5 Å². The Morgan fingerprint density at radius 3 is 1.62 bits per heavy atom. The molecule has 4 rings (SSSR count). The number of ether oxygens (including phenoxy) is 4. The zero-order chi connectivity index (χ0) is 66.3. The zero-order valence-corrected chi connectivity index (χ0v) is 59.7. The Bertz CT molecular complexity index is 2750. The van der Waals surface area contributed by atoms with Crippen LogP contribution in [-0.4, -0.2) is 114 Å². The predicted octanol–water partition coefficient (Wildman–Crippen LogP) is 14.5. The van der Waals surface area contributed by atoms with E-state index in [1.54, 1.807) is 0 Å². The Balaban J connectivity index is 0.0000226. The fraction of sp³-hybridized carbons (Fsp3) is 0.689. The molecule has 0 saturated carbocycles. The molecule has 2 amide bonds. The maximum Gasteiger partial charge on any atom is 0.472 e. The second kappa shape index (κ2) is 51.3. The molecule has 0 fully saturated rings. The smallest absolute Gasteiger partial charge is 0.472 e. The van der Waals surface area contributed by atoms with Crippen molar-refractivity contribution in [1.82, 2.24) is 15.2 Å². The van der Waals surface area contributed by atoms with Crippen LogP contribution in [0.25, 0.3) is 33.4 Å². The summed E-state index contributed by atoms with van der Waals surface area (Å²) < 4.78 is 54.2. The molecule has 0 bridgehead atoms. The van der Waals surface area contributed by atoms with Crippen LogP contribution < -0.4 is 37.9 Å². The predicted molar refractivity (Wildman–Crippen MR) is 372 cm³/mol. The number of nitrogens with one attached hydrogen (secondary N) is 2. The quantitative estimate of drug-likeness (QED) is 0.00940. The normalized spacial score (nSPS) is 12.3. The van der Waals surface area contributed by atoms with Crippen molar-refractivity contribution in [2.24, 2.45) is 0 Å². The number of fused-ring (bicyclic) bond motifs is 2. The molecule has 0 radical (unpaired) electrons.